The zero-order valence-corrected chi connectivity index (χ0v) is 18.7. The molecular formula is C27H18CuN4O2. The predicted octanol–water partition coefficient (Wildman–Crippen LogP) is 6.02. The van der Waals surface area contributed by atoms with Gasteiger partial charge in [0.15, 0.2) is 0 Å². The molecule has 4 aromatic rings. The molecule has 0 atom stereocenters. The summed E-state index contributed by atoms with van der Waals surface area (Å²) in [6.45, 7) is 0. The summed E-state index contributed by atoms with van der Waals surface area (Å²) in [4.78, 5) is 27.5. The molecule has 3 aromatic heterocycles. The van der Waals surface area contributed by atoms with E-state index >= 15 is 0 Å². The molecule has 0 saturated carbocycles. The van der Waals surface area contributed by atoms with Crippen LogP contribution < -0.4 is 0 Å². The number of benzene rings is 1. The molecule has 0 spiro atoms. The molecule has 34 heavy (non-hydrogen) atoms. The van der Waals surface area contributed by atoms with E-state index in [1.165, 1.54) is 0 Å². The Morgan fingerprint density at radius 1 is 0.647 bits per heavy atom. The van der Waals surface area contributed by atoms with E-state index in [0.717, 1.165) is 56.0 Å². The number of nitrogens with one attached hydrogen (secondary N) is 2. The van der Waals surface area contributed by atoms with Crippen LogP contribution in [0.2, 0.25) is 0 Å². The summed E-state index contributed by atoms with van der Waals surface area (Å²) in [7, 11) is 0. The maximum Gasteiger partial charge on any atom is 0.335 e. The molecule has 0 aliphatic carbocycles. The first-order valence-corrected chi connectivity index (χ1v) is 10.5. The topological polar surface area (TPSA) is 94.7 Å². The predicted molar refractivity (Wildman–Crippen MR) is 131 cm³/mol. The van der Waals surface area contributed by atoms with Crippen LogP contribution in [0.4, 0.5) is 0 Å². The number of aromatic carboxylic acids is 1. The van der Waals surface area contributed by atoms with Crippen LogP contribution in [-0.2, 0) is 17.1 Å². The maximum atomic E-state index is 11.2. The average molecular weight is 494 g/mol. The van der Waals surface area contributed by atoms with E-state index in [4.69, 9.17) is 9.97 Å². The van der Waals surface area contributed by atoms with Crippen LogP contribution in [0.3, 0.4) is 0 Å². The van der Waals surface area contributed by atoms with Crippen LogP contribution in [0, 0.1) is 0 Å². The fourth-order valence-electron chi connectivity index (χ4n) is 4.05. The number of aromatic amines is 2. The third-order valence-corrected chi connectivity index (χ3v) is 5.61. The van der Waals surface area contributed by atoms with Gasteiger partial charge in [-0.25, -0.2) is 14.8 Å². The summed E-state index contributed by atoms with van der Waals surface area (Å²) in [6.07, 6.45) is 7.93. The SMILES string of the molecule is O=C(O)c1ccc(-c2cc3cc4nc(cc5ccc(cc6nc(cc2[nH]3)C=C6)[nH]5)C=C4)cc1.[Cu]. The van der Waals surface area contributed by atoms with Gasteiger partial charge in [0, 0.05) is 44.7 Å². The summed E-state index contributed by atoms with van der Waals surface area (Å²) in [6, 6.07) is 21.0. The molecule has 6 rings (SSSR count). The van der Waals surface area contributed by atoms with Crippen molar-refractivity contribution in [2.75, 3.05) is 0 Å². The monoisotopic (exact) mass is 493 g/mol. The normalized spacial score (nSPS) is 11.9. The van der Waals surface area contributed by atoms with E-state index < -0.39 is 5.97 Å². The van der Waals surface area contributed by atoms with E-state index in [1.54, 1.807) is 12.1 Å². The summed E-state index contributed by atoms with van der Waals surface area (Å²) in [5, 5.41) is 9.23. The molecule has 8 bridgehead atoms. The van der Waals surface area contributed by atoms with Crippen molar-refractivity contribution in [1.82, 2.24) is 19.9 Å². The quantitative estimate of drug-likeness (QED) is 0.257. The molecule has 1 aromatic carbocycles. The number of fused-ring (bicyclic) bond motifs is 8. The summed E-state index contributed by atoms with van der Waals surface area (Å²) in [5.41, 5.74) is 9.29. The Bertz CT molecular complexity index is 1640. The van der Waals surface area contributed by atoms with Crippen LogP contribution in [-0.4, -0.2) is 31.0 Å². The molecule has 2 aliphatic rings. The van der Waals surface area contributed by atoms with Crippen LogP contribution >= 0.6 is 0 Å². The Kier molecular flexibility index (Phi) is 5.49. The Morgan fingerprint density at radius 3 is 1.74 bits per heavy atom. The summed E-state index contributed by atoms with van der Waals surface area (Å²) < 4.78 is 0. The summed E-state index contributed by atoms with van der Waals surface area (Å²) >= 11 is 0. The van der Waals surface area contributed by atoms with Crippen molar-refractivity contribution < 1.29 is 27.0 Å². The minimum atomic E-state index is -0.942. The van der Waals surface area contributed by atoms with Gasteiger partial charge < -0.3 is 15.1 Å². The second kappa shape index (κ2) is 8.63. The molecule has 0 unspecified atom stereocenters. The first kappa shape index (κ1) is 21.6. The van der Waals surface area contributed by atoms with Gasteiger partial charge in [-0.2, -0.15) is 0 Å². The third kappa shape index (κ3) is 4.22. The fraction of sp³-hybridized carbons (Fsp3) is 0. The molecule has 0 saturated heterocycles. The first-order valence-electron chi connectivity index (χ1n) is 10.5. The van der Waals surface area contributed by atoms with Gasteiger partial charge in [-0.1, -0.05) is 12.1 Å². The Balaban J connectivity index is 0.00000241. The second-order valence-corrected chi connectivity index (χ2v) is 7.97. The number of hydrogen-bond donors (Lipinski definition) is 3. The van der Waals surface area contributed by atoms with Gasteiger partial charge in [-0.05, 0) is 84.5 Å². The van der Waals surface area contributed by atoms with Gasteiger partial charge >= 0.3 is 5.97 Å². The number of rotatable bonds is 2. The zero-order valence-electron chi connectivity index (χ0n) is 17.7. The molecule has 0 fully saturated rings. The number of carboxylic acids is 1. The largest absolute Gasteiger partial charge is 0.478 e. The Labute approximate surface area is 205 Å². The van der Waals surface area contributed by atoms with E-state index in [9.17, 15) is 9.90 Å². The van der Waals surface area contributed by atoms with E-state index in [2.05, 4.69) is 9.97 Å². The molecule has 1 radical (unpaired) electrons. The minimum absolute atomic E-state index is 0. The van der Waals surface area contributed by atoms with Gasteiger partial charge in [0.25, 0.3) is 0 Å². The molecule has 5 heterocycles. The van der Waals surface area contributed by atoms with Crippen LogP contribution in [0.15, 0.2) is 66.7 Å². The number of nitrogens with zero attached hydrogens (tertiary/aromatic N) is 2. The second-order valence-electron chi connectivity index (χ2n) is 7.97. The number of H-pyrrole nitrogens is 2. The molecule has 169 valence electrons. The number of carbonyl (C=O) groups is 1. The minimum Gasteiger partial charge on any atom is -0.478 e. The van der Waals surface area contributed by atoms with Crippen LogP contribution in [0.1, 0.15) is 33.1 Å². The standard InChI is InChI=1S/C27H18N4O2.Cu/c32-27(33)17-3-1-16(2-4-17)25-14-24-13-22-8-7-20(29-22)11-18-5-6-19(28-18)12-21-9-10-23(30-21)15-26(25)31-24;/h1-15,28,31H,(H,32,33);. The van der Waals surface area contributed by atoms with Gasteiger partial charge in [0.1, 0.15) is 0 Å². The van der Waals surface area contributed by atoms with Crippen molar-refractivity contribution in [3.63, 3.8) is 0 Å². The van der Waals surface area contributed by atoms with Crippen molar-refractivity contribution >= 4 is 52.3 Å². The van der Waals surface area contributed by atoms with Crippen molar-refractivity contribution in [2.45, 2.75) is 0 Å². The van der Waals surface area contributed by atoms with Crippen LogP contribution in [0.5, 0.6) is 0 Å². The molecule has 7 heteroatoms. The van der Waals surface area contributed by atoms with E-state index in [-0.39, 0.29) is 22.6 Å². The van der Waals surface area contributed by atoms with Crippen molar-refractivity contribution in [3.8, 4) is 11.1 Å². The van der Waals surface area contributed by atoms with Gasteiger partial charge in [0.2, 0.25) is 0 Å². The maximum absolute atomic E-state index is 11.2. The molecule has 3 N–H and O–H groups in total. The van der Waals surface area contributed by atoms with Crippen molar-refractivity contribution in [3.05, 3.63) is 95.1 Å². The van der Waals surface area contributed by atoms with E-state index in [0.29, 0.717) is 0 Å². The number of aromatic nitrogens is 4. The molecular weight excluding hydrogens is 476 g/mol. The zero-order chi connectivity index (χ0) is 22.4. The smallest absolute Gasteiger partial charge is 0.335 e. The fourth-order valence-corrected chi connectivity index (χ4v) is 4.05. The van der Waals surface area contributed by atoms with Gasteiger partial charge in [-0.15, -0.1) is 0 Å². The Hall–Kier alpha value is -4.19. The first-order chi connectivity index (χ1) is 16.1. The molecule has 6 nitrogen and oxygen atoms in total. The molecule has 2 aliphatic heterocycles. The van der Waals surface area contributed by atoms with Gasteiger partial charge in [-0.3, -0.25) is 0 Å². The van der Waals surface area contributed by atoms with E-state index in [1.807, 2.05) is 78.9 Å². The van der Waals surface area contributed by atoms with Crippen molar-refractivity contribution in [2.24, 2.45) is 0 Å². The third-order valence-electron chi connectivity index (χ3n) is 5.61. The Morgan fingerprint density at radius 2 is 1.18 bits per heavy atom. The number of carboxylic acid groups (broad SMARTS) is 1. The van der Waals surface area contributed by atoms with Gasteiger partial charge in [0.05, 0.1) is 28.3 Å². The van der Waals surface area contributed by atoms with Crippen molar-refractivity contribution in [1.29, 1.82) is 0 Å². The molecule has 0 amide bonds. The summed E-state index contributed by atoms with van der Waals surface area (Å²) in [5.74, 6) is -0.942. The average Bonchev–Trinajstić information content (AvgIpc) is 3.59. The van der Waals surface area contributed by atoms with Crippen LogP contribution in [0.25, 0.3) is 57.5 Å². The number of hydrogen-bond acceptors (Lipinski definition) is 3.